The predicted molar refractivity (Wildman–Crippen MR) is 71.2 cm³/mol. The minimum Gasteiger partial charge on any atom is -0.466 e. The summed E-state index contributed by atoms with van der Waals surface area (Å²) in [6.07, 6.45) is 5.05. The summed E-state index contributed by atoms with van der Waals surface area (Å²) in [4.78, 5) is 22.2. The molecule has 1 amide bonds. The number of thioether (sulfide) groups is 1. The van der Waals surface area contributed by atoms with Crippen molar-refractivity contribution >= 4 is 17.7 Å². The Morgan fingerprint density at radius 2 is 2.37 bits per heavy atom. The fourth-order valence-electron chi connectivity index (χ4n) is 1.97. The Labute approximate surface area is 115 Å². The number of nitrogens with zero attached hydrogens (tertiary/aromatic N) is 3. The number of rotatable bonds is 3. The van der Waals surface area contributed by atoms with Gasteiger partial charge < -0.3 is 9.32 Å². The van der Waals surface area contributed by atoms with Crippen LogP contribution in [0.25, 0.3) is 0 Å². The second kappa shape index (κ2) is 5.05. The molecule has 3 heterocycles. The van der Waals surface area contributed by atoms with Gasteiger partial charge in [-0.3, -0.25) is 14.8 Å². The zero-order valence-corrected chi connectivity index (χ0v) is 11.3. The number of hydrogen-bond donors (Lipinski definition) is 0. The molecule has 0 aromatic carbocycles. The summed E-state index contributed by atoms with van der Waals surface area (Å²) in [6.45, 7) is 2.35. The molecular weight excluding hydrogens is 262 g/mol. The van der Waals surface area contributed by atoms with Crippen molar-refractivity contribution in [2.75, 3.05) is 5.75 Å². The third-order valence-electron chi connectivity index (χ3n) is 2.92. The van der Waals surface area contributed by atoms with Crippen LogP contribution < -0.4 is 0 Å². The van der Waals surface area contributed by atoms with Crippen molar-refractivity contribution in [3.8, 4) is 0 Å². The van der Waals surface area contributed by atoms with Crippen LogP contribution in [0, 0.1) is 6.92 Å². The molecular formula is C13H13N3O2S. The SMILES string of the molecule is Cc1cnc(CN2C(=O)CSC2c2ccco2)cn1. The Morgan fingerprint density at radius 3 is 3.05 bits per heavy atom. The summed E-state index contributed by atoms with van der Waals surface area (Å²) in [5.41, 5.74) is 1.66. The molecule has 0 saturated carbocycles. The monoisotopic (exact) mass is 275 g/mol. The van der Waals surface area contributed by atoms with E-state index in [0.29, 0.717) is 12.3 Å². The molecule has 0 radical (unpaired) electrons. The van der Waals surface area contributed by atoms with E-state index in [4.69, 9.17) is 4.42 Å². The minimum absolute atomic E-state index is 0.0643. The topological polar surface area (TPSA) is 59.2 Å². The third-order valence-corrected chi connectivity index (χ3v) is 4.14. The van der Waals surface area contributed by atoms with E-state index in [9.17, 15) is 4.79 Å². The standard InChI is InChI=1S/C13H13N3O2S/c1-9-5-15-10(6-14-9)7-16-12(17)8-19-13(16)11-3-2-4-18-11/h2-6,13H,7-8H2,1H3. The average molecular weight is 275 g/mol. The lowest BCUT2D eigenvalue weighted by atomic mass is 10.3. The van der Waals surface area contributed by atoms with Crippen molar-refractivity contribution in [1.29, 1.82) is 0 Å². The van der Waals surface area contributed by atoms with Gasteiger partial charge in [0, 0.05) is 6.20 Å². The Hall–Kier alpha value is -1.82. The highest BCUT2D eigenvalue weighted by Crippen LogP contribution is 2.39. The van der Waals surface area contributed by atoms with E-state index in [2.05, 4.69) is 9.97 Å². The molecule has 1 aliphatic heterocycles. The van der Waals surface area contributed by atoms with E-state index >= 15 is 0 Å². The number of carbonyl (C=O) groups excluding carboxylic acids is 1. The van der Waals surface area contributed by atoms with E-state index in [1.807, 2.05) is 19.1 Å². The number of amides is 1. The molecule has 19 heavy (non-hydrogen) atoms. The summed E-state index contributed by atoms with van der Waals surface area (Å²) >= 11 is 1.57. The van der Waals surface area contributed by atoms with Gasteiger partial charge in [0.05, 0.1) is 36.1 Å². The number of carbonyl (C=O) groups is 1. The zero-order valence-electron chi connectivity index (χ0n) is 10.4. The molecule has 2 aromatic rings. The van der Waals surface area contributed by atoms with Crippen molar-refractivity contribution < 1.29 is 9.21 Å². The van der Waals surface area contributed by atoms with E-state index in [-0.39, 0.29) is 11.3 Å². The molecule has 5 nitrogen and oxygen atoms in total. The first kappa shape index (κ1) is 12.2. The van der Waals surface area contributed by atoms with Crippen molar-refractivity contribution in [3.63, 3.8) is 0 Å². The highest BCUT2D eigenvalue weighted by Gasteiger charge is 2.34. The largest absolute Gasteiger partial charge is 0.466 e. The van der Waals surface area contributed by atoms with E-state index < -0.39 is 0 Å². The maximum absolute atomic E-state index is 12.0. The van der Waals surface area contributed by atoms with Crippen LogP contribution in [0.5, 0.6) is 0 Å². The van der Waals surface area contributed by atoms with Crippen LogP contribution in [0.2, 0.25) is 0 Å². The van der Waals surface area contributed by atoms with E-state index in [1.165, 1.54) is 0 Å². The number of hydrogen-bond acceptors (Lipinski definition) is 5. The van der Waals surface area contributed by atoms with Gasteiger partial charge in [-0.25, -0.2) is 0 Å². The fourth-order valence-corrected chi connectivity index (χ4v) is 3.10. The molecule has 6 heteroatoms. The first-order valence-corrected chi connectivity index (χ1v) is 7.01. The van der Waals surface area contributed by atoms with Gasteiger partial charge in [0.25, 0.3) is 0 Å². The predicted octanol–water partition coefficient (Wildman–Crippen LogP) is 2.15. The van der Waals surface area contributed by atoms with Crippen LogP contribution in [0.15, 0.2) is 35.2 Å². The summed E-state index contributed by atoms with van der Waals surface area (Å²) in [5, 5.41) is -0.0643. The smallest absolute Gasteiger partial charge is 0.234 e. The first-order chi connectivity index (χ1) is 9.24. The molecule has 1 fully saturated rings. The lowest BCUT2D eigenvalue weighted by Gasteiger charge is -2.21. The summed E-state index contributed by atoms with van der Waals surface area (Å²) in [6, 6.07) is 3.73. The van der Waals surface area contributed by atoms with Crippen molar-refractivity contribution in [2.24, 2.45) is 0 Å². The summed E-state index contributed by atoms with van der Waals surface area (Å²) < 4.78 is 5.40. The van der Waals surface area contributed by atoms with Crippen LogP contribution in [0.4, 0.5) is 0 Å². The van der Waals surface area contributed by atoms with Gasteiger partial charge in [-0.1, -0.05) is 0 Å². The van der Waals surface area contributed by atoms with Crippen LogP contribution in [-0.2, 0) is 11.3 Å². The van der Waals surface area contributed by atoms with Crippen molar-refractivity contribution in [2.45, 2.75) is 18.8 Å². The molecule has 1 saturated heterocycles. The molecule has 1 aliphatic rings. The molecule has 0 aliphatic carbocycles. The maximum atomic E-state index is 12.0. The van der Waals surface area contributed by atoms with Gasteiger partial charge in [0.1, 0.15) is 11.1 Å². The maximum Gasteiger partial charge on any atom is 0.234 e. The van der Waals surface area contributed by atoms with Crippen molar-refractivity contribution in [1.82, 2.24) is 14.9 Å². The van der Waals surface area contributed by atoms with E-state index in [0.717, 1.165) is 17.1 Å². The zero-order chi connectivity index (χ0) is 13.2. The van der Waals surface area contributed by atoms with Gasteiger partial charge in [0.2, 0.25) is 5.91 Å². The highest BCUT2D eigenvalue weighted by molar-refractivity contribution is 8.00. The molecule has 98 valence electrons. The van der Waals surface area contributed by atoms with Crippen LogP contribution >= 0.6 is 11.8 Å². The molecule has 0 N–H and O–H groups in total. The van der Waals surface area contributed by atoms with Gasteiger partial charge in [0.15, 0.2) is 0 Å². The molecule has 1 atom stereocenters. The van der Waals surface area contributed by atoms with Crippen LogP contribution in [0.3, 0.4) is 0 Å². The Morgan fingerprint density at radius 1 is 1.47 bits per heavy atom. The van der Waals surface area contributed by atoms with Crippen LogP contribution in [-0.4, -0.2) is 26.5 Å². The van der Waals surface area contributed by atoms with Gasteiger partial charge >= 0.3 is 0 Å². The molecule has 2 aromatic heterocycles. The average Bonchev–Trinajstić information content (AvgIpc) is 3.03. The quantitative estimate of drug-likeness (QED) is 0.859. The van der Waals surface area contributed by atoms with Crippen molar-refractivity contribution in [3.05, 3.63) is 47.9 Å². The second-order valence-electron chi connectivity index (χ2n) is 4.35. The molecule has 1 unspecified atom stereocenters. The molecule has 3 rings (SSSR count). The Bertz CT molecular complexity index is 568. The van der Waals surface area contributed by atoms with Gasteiger partial charge in [-0.15, -0.1) is 11.8 Å². The number of aryl methyl sites for hydroxylation is 1. The molecule has 0 bridgehead atoms. The normalized spacial score (nSPS) is 19.1. The number of furan rings is 1. The Kier molecular flexibility index (Phi) is 3.25. The minimum atomic E-state index is -0.0643. The lowest BCUT2D eigenvalue weighted by Crippen LogP contribution is -2.28. The van der Waals surface area contributed by atoms with Crippen LogP contribution in [0.1, 0.15) is 22.5 Å². The lowest BCUT2D eigenvalue weighted by molar-refractivity contribution is -0.128. The highest BCUT2D eigenvalue weighted by atomic mass is 32.2. The van der Waals surface area contributed by atoms with Gasteiger partial charge in [-0.2, -0.15) is 0 Å². The molecule has 0 spiro atoms. The summed E-state index contributed by atoms with van der Waals surface area (Å²) in [5.74, 6) is 1.38. The Balaban J connectivity index is 1.81. The fraction of sp³-hybridized carbons (Fsp3) is 0.308. The second-order valence-corrected chi connectivity index (χ2v) is 5.42. The first-order valence-electron chi connectivity index (χ1n) is 5.96. The summed E-state index contributed by atoms with van der Waals surface area (Å²) in [7, 11) is 0. The third kappa shape index (κ3) is 2.49. The van der Waals surface area contributed by atoms with E-state index in [1.54, 1.807) is 35.3 Å². The number of aromatic nitrogens is 2. The van der Waals surface area contributed by atoms with Gasteiger partial charge in [-0.05, 0) is 19.1 Å².